The van der Waals surface area contributed by atoms with E-state index < -0.39 is 5.97 Å². The molecule has 0 saturated carbocycles. The molecular formula is C16H12O3. The maximum Gasteiger partial charge on any atom is 0.382 e. The smallest absolute Gasteiger partial charge is 0.382 e. The first-order valence-corrected chi connectivity index (χ1v) is 5.69. The average molecular weight is 252 g/mol. The second kappa shape index (κ2) is 5.74. The van der Waals surface area contributed by atoms with Gasteiger partial charge in [0.05, 0.1) is 7.11 Å². The summed E-state index contributed by atoms with van der Waals surface area (Å²) >= 11 is 0. The maximum atomic E-state index is 10.6. The molecule has 0 aliphatic heterocycles. The van der Waals surface area contributed by atoms with Gasteiger partial charge in [0, 0.05) is 11.5 Å². The van der Waals surface area contributed by atoms with Crippen molar-refractivity contribution in [1.82, 2.24) is 0 Å². The molecule has 0 saturated heterocycles. The van der Waals surface area contributed by atoms with Crippen molar-refractivity contribution >= 4 is 5.97 Å². The van der Waals surface area contributed by atoms with E-state index >= 15 is 0 Å². The van der Waals surface area contributed by atoms with E-state index in [1.165, 1.54) is 0 Å². The highest BCUT2D eigenvalue weighted by Crippen LogP contribution is 2.26. The summed E-state index contributed by atoms with van der Waals surface area (Å²) in [5.41, 5.74) is 2.50. The molecular weight excluding hydrogens is 240 g/mol. The number of aliphatic carboxylic acids is 1. The van der Waals surface area contributed by atoms with Gasteiger partial charge >= 0.3 is 5.97 Å². The van der Waals surface area contributed by atoms with Crippen LogP contribution >= 0.6 is 0 Å². The van der Waals surface area contributed by atoms with Gasteiger partial charge in [-0.3, -0.25) is 0 Å². The van der Waals surface area contributed by atoms with Crippen LogP contribution in [0.3, 0.4) is 0 Å². The second-order valence-corrected chi connectivity index (χ2v) is 3.83. The van der Waals surface area contributed by atoms with Crippen LogP contribution in [0.1, 0.15) is 5.56 Å². The molecule has 0 aromatic heterocycles. The van der Waals surface area contributed by atoms with Crippen LogP contribution in [-0.2, 0) is 4.79 Å². The second-order valence-electron chi connectivity index (χ2n) is 3.83. The minimum atomic E-state index is -1.15. The molecule has 0 atom stereocenters. The monoisotopic (exact) mass is 252 g/mol. The number of carbonyl (C=O) groups is 1. The summed E-state index contributed by atoms with van der Waals surface area (Å²) in [6.07, 6.45) is 0. The Kier molecular flexibility index (Phi) is 3.84. The SMILES string of the molecule is COc1ccc(-c2ccccc2)c(C#CC(=O)O)c1. The lowest BCUT2D eigenvalue weighted by Gasteiger charge is -2.07. The van der Waals surface area contributed by atoms with Crippen LogP contribution < -0.4 is 4.74 Å². The van der Waals surface area contributed by atoms with E-state index in [-0.39, 0.29) is 0 Å². The van der Waals surface area contributed by atoms with Crippen LogP contribution in [0, 0.1) is 11.8 Å². The van der Waals surface area contributed by atoms with E-state index in [4.69, 9.17) is 9.84 Å². The van der Waals surface area contributed by atoms with Gasteiger partial charge in [-0.25, -0.2) is 4.79 Å². The predicted octanol–water partition coefficient (Wildman–Crippen LogP) is 2.80. The van der Waals surface area contributed by atoms with Crippen molar-refractivity contribution in [3.05, 3.63) is 54.1 Å². The largest absolute Gasteiger partial charge is 0.497 e. The third-order valence-corrected chi connectivity index (χ3v) is 2.62. The van der Waals surface area contributed by atoms with E-state index in [1.54, 1.807) is 13.2 Å². The number of rotatable bonds is 2. The van der Waals surface area contributed by atoms with Crippen molar-refractivity contribution in [3.63, 3.8) is 0 Å². The first-order chi connectivity index (χ1) is 9.20. The van der Waals surface area contributed by atoms with Gasteiger partial charge in [-0.05, 0) is 29.3 Å². The van der Waals surface area contributed by atoms with E-state index in [1.807, 2.05) is 42.5 Å². The summed E-state index contributed by atoms with van der Waals surface area (Å²) in [4.78, 5) is 10.6. The van der Waals surface area contributed by atoms with Crippen molar-refractivity contribution < 1.29 is 14.6 Å². The average Bonchev–Trinajstić information content (AvgIpc) is 2.45. The zero-order valence-corrected chi connectivity index (χ0v) is 10.4. The van der Waals surface area contributed by atoms with Gasteiger partial charge in [0.15, 0.2) is 0 Å². The van der Waals surface area contributed by atoms with E-state index in [2.05, 4.69) is 11.8 Å². The predicted molar refractivity (Wildman–Crippen MR) is 72.9 cm³/mol. The van der Waals surface area contributed by atoms with Gasteiger partial charge in [0.25, 0.3) is 0 Å². The summed E-state index contributed by atoms with van der Waals surface area (Å²) in [6, 6.07) is 15.1. The standard InChI is InChI=1S/C16H12O3/c1-19-14-8-9-15(12-5-3-2-4-6-12)13(11-14)7-10-16(17)18/h2-6,8-9,11H,1H3,(H,17,18). The molecule has 0 radical (unpaired) electrons. The van der Waals surface area contributed by atoms with Crippen LogP contribution in [0.5, 0.6) is 5.75 Å². The Morgan fingerprint density at radius 1 is 1.16 bits per heavy atom. The molecule has 94 valence electrons. The van der Waals surface area contributed by atoms with Crippen LogP contribution in [0.15, 0.2) is 48.5 Å². The molecule has 2 aromatic rings. The lowest BCUT2D eigenvalue weighted by atomic mass is 9.99. The van der Waals surface area contributed by atoms with Crippen molar-refractivity contribution in [2.45, 2.75) is 0 Å². The third kappa shape index (κ3) is 3.14. The molecule has 2 aromatic carbocycles. The molecule has 3 heteroatoms. The van der Waals surface area contributed by atoms with Crippen molar-refractivity contribution in [1.29, 1.82) is 0 Å². The quantitative estimate of drug-likeness (QED) is 0.836. The highest BCUT2D eigenvalue weighted by Gasteiger charge is 2.05. The lowest BCUT2D eigenvalue weighted by Crippen LogP contribution is -1.91. The first kappa shape index (κ1) is 12.7. The minimum Gasteiger partial charge on any atom is -0.497 e. The van der Waals surface area contributed by atoms with E-state index in [0.717, 1.165) is 11.1 Å². The van der Waals surface area contributed by atoms with Crippen LogP contribution in [0.2, 0.25) is 0 Å². The summed E-state index contributed by atoms with van der Waals surface area (Å²) < 4.78 is 5.14. The molecule has 0 bridgehead atoms. The van der Waals surface area contributed by atoms with Crippen LogP contribution in [0.25, 0.3) is 11.1 Å². The molecule has 0 amide bonds. The Labute approximate surface area is 111 Å². The Bertz CT molecular complexity index is 649. The number of hydrogen-bond acceptors (Lipinski definition) is 2. The normalized spacial score (nSPS) is 9.32. The fraction of sp³-hybridized carbons (Fsp3) is 0.0625. The number of carboxylic acid groups (broad SMARTS) is 1. The van der Waals surface area contributed by atoms with Crippen molar-refractivity contribution in [2.24, 2.45) is 0 Å². The molecule has 0 spiro atoms. The van der Waals surface area contributed by atoms with Gasteiger partial charge in [0.2, 0.25) is 0 Å². The van der Waals surface area contributed by atoms with Gasteiger partial charge in [0.1, 0.15) is 5.75 Å². The number of hydrogen-bond donors (Lipinski definition) is 1. The van der Waals surface area contributed by atoms with Gasteiger partial charge in [-0.2, -0.15) is 0 Å². The molecule has 0 heterocycles. The number of benzene rings is 2. The molecule has 0 fully saturated rings. The zero-order valence-electron chi connectivity index (χ0n) is 10.4. The summed E-state index contributed by atoms with van der Waals surface area (Å²) in [5.74, 6) is 4.29. The maximum absolute atomic E-state index is 10.6. The van der Waals surface area contributed by atoms with Crippen LogP contribution in [-0.4, -0.2) is 18.2 Å². The molecule has 0 unspecified atom stereocenters. The first-order valence-electron chi connectivity index (χ1n) is 5.69. The van der Waals surface area contributed by atoms with E-state index in [9.17, 15) is 4.79 Å². The zero-order chi connectivity index (χ0) is 13.7. The summed E-state index contributed by atoms with van der Waals surface area (Å²) in [5, 5.41) is 8.66. The molecule has 1 N–H and O–H groups in total. The fourth-order valence-corrected chi connectivity index (χ4v) is 1.74. The molecule has 0 aliphatic carbocycles. The Morgan fingerprint density at radius 2 is 1.89 bits per heavy atom. The minimum absolute atomic E-state index is 0.632. The van der Waals surface area contributed by atoms with Gasteiger partial charge < -0.3 is 9.84 Å². The Hall–Kier alpha value is -2.73. The fourth-order valence-electron chi connectivity index (χ4n) is 1.74. The number of methoxy groups -OCH3 is 1. The third-order valence-electron chi connectivity index (χ3n) is 2.62. The Balaban J connectivity index is 2.55. The van der Waals surface area contributed by atoms with Crippen molar-refractivity contribution in [3.8, 4) is 28.7 Å². The summed E-state index contributed by atoms with van der Waals surface area (Å²) in [7, 11) is 1.56. The highest BCUT2D eigenvalue weighted by atomic mass is 16.5. The molecule has 3 nitrogen and oxygen atoms in total. The van der Waals surface area contributed by atoms with Gasteiger partial charge in [-0.15, -0.1) is 0 Å². The molecule has 19 heavy (non-hydrogen) atoms. The molecule has 2 rings (SSSR count). The van der Waals surface area contributed by atoms with Crippen molar-refractivity contribution in [2.75, 3.05) is 7.11 Å². The number of ether oxygens (including phenoxy) is 1. The van der Waals surface area contributed by atoms with Crippen LogP contribution in [0.4, 0.5) is 0 Å². The Morgan fingerprint density at radius 3 is 2.53 bits per heavy atom. The highest BCUT2D eigenvalue weighted by molar-refractivity contribution is 5.88. The lowest BCUT2D eigenvalue weighted by molar-refractivity contribution is -0.130. The van der Waals surface area contributed by atoms with E-state index in [0.29, 0.717) is 11.3 Å². The van der Waals surface area contributed by atoms with Gasteiger partial charge in [-0.1, -0.05) is 36.3 Å². The molecule has 0 aliphatic rings. The number of carboxylic acids is 1. The topological polar surface area (TPSA) is 46.5 Å². The summed E-state index contributed by atoms with van der Waals surface area (Å²) in [6.45, 7) is 0.